The number of benzene rings is 1. The summed E-state index contributed by atoms with van der Waals surface area (Å²) in [6.45, 7) is 0.184. The second kappa shape index (κ2) is 3.55. The Labute approximate surface area is 72.1 Å². The van der Waals surface area contributed by atoms with Crippen molar-refractivity contribution in [1.82, 2.24) is 0 Å². The molecule has 1 aromatic rings. The van der Waals surface area contributed by atoms with Crippen LogP contribution in [-0.4, -0.2) is 8.42 Å². The van der Waals surface area contributed by atoms with Gasteiger partial charge in [-0.05, 0) is 23.8 Å². The van der Waals surface area contributed by atoms with E-state index in [0.717, 1.165) is 0 Å². The summed E-state index contributed by atoms with van der Waals surface area (Å²) in [5, 5.41) is 0. The van der Waals surface area contributed by atoms with Gasteiger partial charge in [0.1, 0.15) is 0 Å². The quantitative estimate of drug-likeness (QED) is 0.437. The average Bonchev–Trinajstić information content (AvgIpc) is 2.03. The number of hydrogen-bond donors (Lipinski definition) is 3. The Hall–Kier alpha value is -1.07. The van der Waals surface area contributed by atoms with E-state index in [1.165, 1.54) is 6.07 Å². The standard InChI is InChI=1S/C7H10N2O2S/c8-4-5-3-6(9)1-2-7(5)12(10)11/h1-3,12H,4,8-9H2. The fourth-order valence-corrected chi connectivity index (χ4v) is 1.53. The third-order valence-corrected chi connectivity index (χ3v) is 2.35. The van der Waals surface area contributed by atoms with Crippen LogP contribution >= 0.6 is 0 Å². The summed E-state index contributed by atoms with van der Waals surface area (Å²) >= 11 is 0. The minimum atomic E-state index is -2.57. The highest BCUT2D eigenvalue weighted by molar-refractivity contribution is 7.72. The summed E-state index contributed by atoms with van der Waals surface area (Å²) in [5.74, 6) is 0. The molecule has 4 N–H and O–H groups in total. The van der Waals surface area contributed by atoms with Gasteiger partial charge in [0.05, 0.1) is 4.90 Å². The third kappa shape index (κ3) is 1.75. The van der Waals surface area contributed by atoms with Crippen LogP contribution in [0.1, 0.15) is 5.56 Å². The van der Waals surface area contributed by atoms with Crippen LogP contribution in [0.15, 0.2) is 23.1 Å². The van der Waals surface area contributed by atoms with Crippen LogP contribution < -0.4 is 11.5 Å². The van der Waals surface area contributed by atoms with Gasteiger partial charge in [-0.1, -0.05) is 0 Å². The van der Waals surface area contributed by atoms with Crippen LogP contribution in [0.3, 0.4) is 0 Å². The number of nitrogens with two attached hydrogens (primary N) is 2. The highest BCUT2D eigenvalue weighted by Gasteiger charge is 2.02. The van der Waals surface area contributed by atoms with E-state index in [1.807, 2.05) is 0 Å². The molecular weight excluding hydrogens is 176 g/mol. The van der Waals surface area contributed by atoms with Crippen LogP contribution in [0.25, 0.3) is 0 Å². The Kier molecular flexibility index (Phi) is 2.67. The fraction of sp³-hybridized carbons (Fsp3) is 0.143. The zero-order valence-corrected chi connectivity index (χ0v) is 7.25. The van der Waals surface area contributed by atoms with Crippen LogP contribution in [0.2, 0.25) is 0 Å². The molecule has 1 aromatic carbocycles. The molecule has 5 heteroatoms. The summed E-state index contributed by atoms with van der Waals surface area (Å²) in [5.41, 5.74) is 11.9. The lowest BCUT2D eigenvalue weighted by Crippen LogP contribution is -2.01. The van der Waals surface area contributed by atoms with E-state index in [2.05, 4.69) is 0 Å². The van der Waals surface area contributed by atoms with Gasteiger partial charge < -0.3 is 11.5 Å². The summed E-state index contributed by atoms with van der Waals surface area (Å²) in [6, 6.07) is 4.57. The molecule has 0 atom stereocenters. The maximum absolute atomic E-state index is 10.6. The first kappa shape index (κ1) is 9.02. The molecule has 0 heterocycles. The molecule has 0 radical (unpaired) electrons. The van der Waals surface area contributed by atoms with Gasteiger partial charge in [0.2, 0.25) is 0 Å². The lowest BCUT2D eigenvalue weighted by Gasteiger charge is -2.01. The second-order valence-electron chi connectivity index (χ2n) is 2.35. The Morgan fingerprint density at radius 3 is 2.50 bits per heavy atom. The van der Waals surface area contributed by atoms with Crippen LogP contribution in [0, 0.1) is 0 Å². The normalized spacial score (nSPS) is 10.5. The highest BCUT2D eigenvalue weighted by atomic mass is 32.2. The van der Waals surface area contributed by atoms with Gasteiger partial charge in [-0.3, -0.25) is 0 Å². The SMILES string of the molecule is NCc1cc(N)ccc1[SH](=O)=O. The lowest BCUT2D eigenvalue weighted by atomic mass is 10.2. The molecule has 0 unspecified atom stereocenters. The molecule has 0 fully saturated rings. The Morgan fingerprint density at radius 2 is 2.00 bits per heavy atom. The van der Waals surface area contributed by atoms with Gasteiger partial charge in [0.25, 0.3) is 0 Å². The first-order valence-corrected chi connectivity index (χ1v) is 4.55. The summed E-state index contributed by atoms with van der Waals surface area (Å²) in [4.78, 5) is 0.252. The molecule has 1 rings (SSSR count). The summed E-state index contributed by atoms with van der Waals surface area (Å²) in [7, 11) is -2.57. The van der Waals surface area contributed by atoms with Gasteiger partial charge in [-0.2, -0.15) is 0 Å². The molecule has 12 heavy (non-hydrogen) atoms. The van der Waals surface area contributed by atoms with Crippen LogP contribution in [0.4, 0.5) is 5.69 Å². The van der Waals surface area contributed by atoms with Crippen molar-refractivity contribution in [1.29, 1.82) is 0 Å². The number of nitrogen functional groups attached to an aromatic ring is 1. The van der Waals surface area contributed by atoms with E-state index >= 15 is 0 Å². The zero-order valence-electron chi connectivity index (χ0n) is 6.36. The monoisotopic (exact) mass is 186 g/mol. The zero-order chi connectivity index (χ0) is 9.14. The molecule has 0 aliphatic rings. The first-order valence-electron chi connectivity index (χ1n) is 3.38. The van der Waals surface area contributed by atoms with Gasteiger partial charge >= 0.3 is 0 Å². The van der Waals surface area contributed by atoms with E-state index in [0.29, 0.717) is 11.3 Å². The highest BCUT2D eigenvalue weighted by Crippen LogP contribution is 2.13. The minimum absolute atomic E-state index is 0.184. The Morgan fingerprint density at radius 1 is 1.33 bits per heavy atom. The van der Waals surface area contributed by atoms with E-state index in [4.69, 9.17) is 11.5 Å². The molecule has 0 aliphatic heterocycles. The van der Waals surface area contributed by atoms with Crippen molar-refractivity contribution in [3.63, 3.8) is 0 Å². The number of hydrogen-bond acceptors (Lipinski definition) is 4. The molecule has 0 spiro atoms. The van der Waals surface area contributed by atoms with E-state index in [-0.39, 0.29) is 11.4 Å². The maximum atomic E-state index is 10.6. The van der Waals surface area contributed by atoms with Crippen molar-refractivity contribution >= 4 is 16.4 Å². The summed E-state index contributed by atoms with van der Waals surface area (Å²) < 4.78 is 21.3. The second-order valence-corrected chi connectivity index (χ2v) is 3.35. The summed E-state index contributed by atoms with van der Waals surface area (Å²) in [6.07, 6.45) is 0. The van der Waals surface area contributed by atoms with Crippen molar-refractivity contribution in [2.45, 2.75) is 11.4 Å². The van der Waals surface area contributed by atoms with Gasteiger partial charge in [0, 0.05) is 12.2 Å². The van der Waals surface area contributed by atoms with Crippen molar-refractivity contribution in [3.05, 3.63) is 23.8 Å². The number of thiol groups is 1. The average molecular weight is 186 g/mol. The maximum Gasteiger partial charge on any atom is 0.168 e. The molecule has 0 aromatic heterocycles. The molecule has 0 bridgehead atoms. The van der Waals surface area contributed by atoms with E-state index in [1.54, 1.807) is 12.1 Å². The van der Waals surface area contributed by atoms with E-state index < -0.39 is 10.7 Å². The van der Waals surface area contributed by atoms with Crippen molar-refractivity contribution < 1.29 is 8.42 Å². The van der Waals surface area contributed by atoms with E-state index in [9.17, 15) is 8.42 Å². The fourth-order valence-electron chi connectivity index (χ4n) is 0.947. The van der Waals surface area contributed by atoms with Crippen molar-refractivity contribution in [2.24, 2.45) is 5.73 Å². The predicted molar refractivity (Wildman–Crippen MR) is 47.3 cm³/mol. The molecule has 0 aliphatic carbocycles. The number of anilines is 1. The van der Waals surface area contributed by atoms with Gasteiger partial charge in [-0.25, -0.2) is 8.42 Å². The minimum Gasteiger partial charge on any atom is -0.399 e. The predicted octanol–water partition coefficient (Wildman–Crippen LogP) is -0.302. The number of rotatable bonds is 2. The van der Waals surface area contributed by atoms with Gasteiger partial charge in [-0.15, -0.1) is 0 Å². The Balaban J connectivity index is 3.29. The molecule has 66 valence electrons. The molecule has 0 saturated heterocycles. The molecule has 0 saturated carbocycles. The van der Waals surface area contributed by atoms with Gasteiger partial charge in [0.15, 0.2) is 10.7 Å². The third-order valence-electron chi connectivity index (χ3n) is 1.52. The lowest BCUT2D eigenvalue weighted by molar-refractivity contribution is 0.613. The molecule has 0 amide bonds. The van der Waals surface area contributed by atoms with Crippen molar-refractivity contribution in [3.8, 4) is 0 Å². The van der Waals surface area contributed by atoms with Crippen molar-refractivity contribution in [2.75, 3.05) is 5.73 Å². The van der Waals surface area contributed by atoms with Crippen LogP contribution in [0.5, 0.6) is 0 Å². The van der Waals surface area contributed by atoms with Crippen LogP contribution in [-0.2, 0) is 17.2 Å². The smallest absolute Gasteiger partial charge is 0.168 e. The largest absolute Gasteiger partial charge is 0.399 e. The first-order chi connectivity index (χ1) is 5.65. The molecular formula is C7H10N2O2S. The Bertz CT molecular complexity index is 352. The molecule has 4 nitrogen and oxygen atoms in total. The topological polar surface area (TPSA) is 86.2 Å².